The third-order valence-electron chi connectivity index (χ3n) is 3.41. The summed E-state index contributed by atoms with van der Waals surface area (Å²) < 4.78 is 26.3. The zero-order valence-corrected chi connectivity index (χ0v) is 13.4. The number of carbonyl (C=O) groups is 1. The van der Waals surface area contributed by atoms with Crippen molar-refractivity contribution in [2.24, 2.45) is 0 Å². The van der Waals surface area contributed by atoms with Gasteiger partial charge in [-0.15, -0.1) is 0 Å². The van der Waals surface area contributed by atoms with Gasteiger partial charge in [0, 0.05) is 31.3 Å². The molecule has 3 nitrogen and oxygen atoms in total. The Morgan fingerprint density at radius 3 is 2.57 bits per heavy atom. The van der Waals surface area contributed by atoms with Gasteiger partial charge in [-0.3, -0.25) is 4.79 Å². The van der Waals surface area contributed by atoms with Crippen molar-refractivity contribution < 1.29 is 13.6 Å². The molecule has 0 saturated heterocycles. The number of carbonyl (C=O) groups excluding carboxylic acids is 1. The van der Waals surface area contributed by atoms with Crippen molar-refractivity contribution in [1.29, 1.82) is 0 Å². The first kappa shape index (κ1) is 17.2. The van der Waals surface area contributed by atoms with Gasteiger partial charge in [-0.25, -0.2) is 8.78 Å². The molecule has 6 heteroatoms. The van der Waals surface area contributed by atoms with E-state index in [4.69, 9.17) is 11.6 Å². The van der Waals surface area contributed by atoms with E-state index >= 15 is 0 Å². The fourth-order valence-electron chi connectivity index (χ4n) is 2.16. The summed E-state index contributed by atoms with van der Waals surface area (Å²) in [6, 6.07) is 10.7. The monoisotopic (exact) mass is 338 g/mol. The Morgan fingerprint density at radius 2 is 1.91 bits per heavy atom. The molecule has 0 spiro atoms. The van der Waals surface area contributed by atoms with Crippen LogP contribution in [0.5, 0.6) is 0 Å². The van der Waals surface area contributed by atoms with Gasteiger partial charge < -0.3 is 10.2 Å². The number of halogens is 3. The van der Waals surface area contributed by atoms with Crippen LogP contribution in [0.25, 0.3) is 0 Å². The molecular weight excluding hydrogens is 322 g/mol. The number of nitrogens with one attached hydrogen (secondary N) is 1. The van der Waals surface area contributed by atoms with Gasteiger partial charge in [0.25, 0.3) is 0 Å². The Balaban J connectivity index is 1.96. The first-order chi connectivity index (χ1) is 11.0. The summed E-state index contributed by atoms with van der Waals surface area (Å²) in [6.07, 6.45) is 0.206. The van der Waals surface area contributed by atoms with Crippen LogP contribution in [-0.4, -0.2) is 19.0 Å². The molecule has 0 aliphatic heterocycles. The molecule has 0 heterocycles. The van der Waals surface area contributed by atoms with Crippen LogP contribution in [0.4, 0.5) is 20.2 Å². The van der Waals surface area contributed by atoms with E-state index in [0.717, 1.165) is 12.1 Å². The van der Waals surface area contributed by atoms with Crippen LogP contribution in [-0.2, 0) is 4.79 Å². The van der Waals surface area contributed by atoms with E-state index in [1.165, 1.54) is 6.07 Å². The Hall–Kier alpha value is -2.14. The van der Waals surface area contributed by atoms with Crippen molar-refractivity contribution in [3.63, 3.8) is 0 Å². The standard InChI is InChI=1S/C17H17ClF2N2O/c1-2-22(12-7-8-14(19)15(20)11-12)10-9-17(23)21-16-6-4-3-5-13(16)18/h3-8,11H,2,9-10H2,1H3,(H,21,23). The second-order valence-corrected chi connectivity index (χ2v) is 5.36. The Bertz CT molecular complexity index is 694. The molecule has 0 aliphatic carbocycles. The SMILES string of the molecule is CCN(CCC(=O)Nc1ccccc1Cl)c1ccc(F)c(F)c1. The summed E-state index contributed by atoms with van der Waals surface area (Å²) in [7, 11) is 0. The lowest BCUT2D eigenvalue weighted by Crippen LogP contribution is -2.27. The summed E-state index contributed by atoms with van der Waals surface area (Å²) in [5.41, 5.74) is 1.09. The normalized spacial score (nSPS) is 10.4. The highest BCUT2D eigenvalue weighted by Gasteiger charge is 2.11. The maximum absolute atomic E-state index is 13.3. The minimum atomic E-state index is -0.901. The molecule has 0 aliphatic rings. The van der Waals surface area contributed by atoms with Gasteiger partial charge in [0.1, 0.15) is 0 Å². The van der Waals surface area contributed by atoms with Crippen LogP contribution in [0.3, 0.4) is 0 Å². The molecule has 1 amide bonds. The number of rotatable bonds is 6. The van der Waals surface area contributed by atoms with Crippen molar-refractivity contribution >= 4 is 28.9 Å². The summed E-state index contributed by atoms with van der Waals surface area (Å²) >= 11 is 5.98. The molecule has 2 rings (SSSR count). The molecule has 23 heavy (non-hydrogen) atoms. The first-order valence-electron chi connectivity index (χ1n) is 7.25. The maximum atomic E-state index is 13.3. The number of benzene rings is 2. The number of para-hydroxylation sites is 1. The van der Waals surface area contributed by atoms with E-state index < -0.39 is 11.6 Å². The lowest BCUT2D eigenvalue weighted by molar-refractivity contribution is -0.116. The summed E-state index contributed by atoms with van der Waals surface area (Å²) in [6.45, 7) is 2.84. The van der Waals surface area contributed by atoms with Crippen LogP contribution in [0.15, 0.2) is 42.5 Å². The quantitative estimate of drug-likeness (QED) is 0.842. The highest BCUT2D eigenvalue weighted by molar-refractivity contribution is 6.33. The largest absolute Gasteiger partial charge is 0.371 e. The summed E-state index contributed by atoms with van der Waals surface area (Å²) in [4.78, 5) is 13.8. The smallest absolute Gasteiger partial charge is 0.226 e. The lowest BCUT2D eigenvalue weighted by Gasteiger charge is -2.23. The Morgan fingerprint density at radius 1 is 1.17 bits per heavy atom. The fraction of sp³-hybridized carbons (Fsp3) is 0.235. The predicted molar refractivity (Wildman–Crippen MR) is 88.9 cm³/mol. The predicted octanol–water partition coefficient (Wildman–Crippen LogP) is 4.47. The Kier molecular flexibility index (Phi) is 5.93. The molecule has 0 radical (unpaired) electrons. The average Bonchev–Trinajstić information content (AvgIpc) is 2.53. The number of hydrogen-bond acceptors (Lipinski definition) is 2. The zero-order chi connectivity index (χ0) is 16.8. The summed E-state index contributed by atoms with van der Waals surface area (Å²) in [5, 5.41) is 3.20. The van der Waals surface area contributed by atoms with Crippen LogP contribution in [0.2, 0.25) is 5.02 Å². The lowest BCUT2D eigenvalue weighted by atomic mass is 10.2. The molecule has 122 valence electrons. The maximum Gasteiger partial charge on any atom is 0.226 e. The van der Waals surface area contributed by atoms with Crippen LogP contribution in [0.1, 0.15) is 13.3 Å². The molecule has 0 bridgehead atoms. The van der Waals surface area contributed by atoms with Crippen molar-refractivity contribution in [1.82, 2.24) is 0 Å². The summed E-state index contributed by atoms with van der Waals surface area (Å²) in [5.74, 6) is -1.98. The molecule has 0 aromatic heterocycles. The van der Waals surface area contributed by atoms with E-state index in [-0.39, 0.29) is 12.3 Å². The third-order valence-corrected chi connectivity index (χ3v) is 3.74. The number of anilines is 2. The van der Waals surface area contributed by atoms with Crippen molar-refractivity contribution in [3.05, 3.63) is 59.1 Å². The van der Waals surface area contributed by atoms with Crippen LogP contribution in [0, 0.1) is 11.6 Å². The molecule has 1 N–H and O–H groups in total. The van der Waals surface area contributed by atoms with E-state index in [0.29, 0.717) is 29.5 Å². The third kappa shape index (κ3) is 4.66. The van der Waals surface area contributed by atoms with E-state index in [2.05, 4.69) is 5.32 Å². The fourth-order valence-corrected chi connectivity index (χ4v) is 2.35. The molecule has 0 saturated carbocycles. The van der Waals surface area contributed by atoms with E-state index in [9.17, 15) is 13.6 Å². The van der Waals surface area contributed by atoms with Gasteiger partial charge in [0.05, 0.1) is 10.7 Å². The number of hydrogen-bond donors (Lipinski definition) is 1. The molecular formula is C17H17ClF2N2O. The molecule has 0 unspecified atom stereocenters. The van der Waals surface area contributed by atoms with Crippen LogP contribution < -0.4 is 10.2 Å². The van der Waals surface area contributed by atoms with Crippen LogP contribution >= 0.6 is 11.6 Å². The topological polar surface area (TPSA) is 32.3 Å². The van der Waals surface area contributed by atoms with Gasteiger partial charge in [-0.1, -0.05) is 23.7 Å². The highest BCUT2D eigenvalue weighted by atomic mass is 35.5. The van der Waals surface area contributed by atoms with Gasteiger partial charge in [-0.2, -0.15) is 0 Å². The number of nitrogens with zero attached hydrogens (tertiary/aromatic N) is 1. The minimum Gasteiger partial charge on any atom is -0.371 e. The van der Waals surface area contributed by atoms with Gasteiger partial charge in [0.2, 0.25) is 5.91 Å². The van der Waals surface area contributed by atoms with Gasteiger partial charge >= 0.3 is 0 Å². The highest BCUT2D eigenvalue weighted by Crippen LogP contribution is 2.21. The molecule has 2 aromatic carbocycles. The second-order valence-electron chi connectivity index (χ2n) is 4.96. The molecule has 0 fully saturated rings. The average molecular weight is 339 g/mol. The van der Waals surface area contributed by atoms with E-state index in [1.807, 2.05) is 6.92 Å². The van der Waals surface area contributed by atoms with Crippen molar-refractivity contribution in [3.8, 4) is 0 Å². The number of amides is 1. The van der Waals surface area contributed by atoms with Crippen molar-refractivity contribution in [2.45, 2.75) is 13.3 Å². The zero-order valence-electron chi connectivity index (χ0n) is 12.7. The molecule has 2 aromatic rings. The van der Waals surface area contributed by atoms with Crippen molar-refractivity contribution in [2.75, 3.05) is 23.3 Å². The van der Waals surface area contributed by atoms with E-state index in [1.54, 1.807) is 29.2 Å². The second kappa shape index (κ2) is 7.92. The Labute approximate surface area is 138 Å². The van der Waals surface area contributed by atoms with Gasteiger partial charge in [0.15, 0.2) is 11.6 Å². The van der Waals surface area contributed by atoms with Gasteiger partial charge in [-0.05, 0) is 31.2 Å². The molecule has 0 atom stereocenters. The minimum absolute atomic E-state index is 0.195. The first-order valence-corrected chi connectivity index (χ1v) is 7.63.